The Morgan fingerprint density at radius 3 is 2.32 bits per heavy atom. The van der Waals surface area contributed by atoms with E-state index in [1.807, 2.05) is 0 Å². The van der Waals surface area contributed by atoms with Gasteiger partial charge in [-0.05, 0) is 25.1 Å². The Labute approximate surface area is 247 Å². The first kappa shape index (κ1) is 32.3. The molecule has 2 heterocycles. The zero-order chi connectivity index (χ0) is 32.5. The van der Waals surface area contributed by atoms with Crippen molar-refractivity contribution in [3.63, 3.8) is 0 Å². The van der Waals surface area contributed by atoms with E-state index in [1.54, 1.807) is 0 Å². The first-order chi connectivity index (χ1) is 20.6. The van der Waals surface area contributed by atoms with Crippen molar-refractivity contribution in [1.29, 1.82) is 0 Å². The van der Waals surface area contributed by atoms with E-state index in [4.69, 9.17) is 28.5 Å². The van der Waals surface area contributed by atoms with Crippen LogP contribution in [0.3, 0.4) is 0 Å². The Kier molecular flexibility index (Phi) is 9.22. The lowest BCUT2D eigenvalue weighted by atomic mass is 9.98. The van der Waals surface area contributed by atoms with E-state index in [-0.39, 0.29) is 22.8 Å². The molecule has 238 valence electrons. The van der Waals surface area contributed by atoms with Crippen LogP contribution in [-0.4, -0.2) is 103 Å². The third-order valence-corrected chi connectivity index (χ3v) is 6.77. The number of carboxylic acids is 1. The molecule has 0 radical (unpaired) electrons. The Hall–Kier alpha value is -4.61. The number of aliphatic hydroxyl groups excluding tert-OH is 3. The Bertz CT molecular complexity index is 1610. The summed E-state index contributed by atoms with van der Waals surface area (Å²) in [6.45, 7) is 0.381. The van der Waals surface area contributed by atoms with E-state index >= 15 is 0 Å². The first-order valence-electron chi connectivity index (χ1n) is 13.0. The van der Waals surface area contributed by atoms with E-state index in [9.17, 15) is 50.1 Å². The van der Waals surface area contributed by atoms with E-state index in [1.165, 1.54) is 25.3 Å². The van der Waals surface area contributed by atoms with Crippen molar-refractivity contribution in [3.05, 3.63) is 40.6 Å². The molecule has 1 fully saturated rings. The molecule has 3 aromatic rings. The molecular weight excluding hydrogens is 592 g/mol. The minimum absolute atomic E-state index is 0.0199. The number of methoxy groups -OCH3 is 1. The smallest absolute Gasteiger partial charge is 0.308 e. The average molecular weight is 623 g/mol. The van der Waals surface area contributed by atoms with Gasteiger partial charge in [-0.15, -0.1) is 0 Å². The number of benzene rings is 2. The van der Waals surface area contributed by atoms with Crippen LogP contribution in [-0.2, 0) is 19.1 Å². The molecule has 0 spiro atoms. The highest BCUT2D eigenvalue weighted by molar-refractivity contribution is 5.89. The predicted molar refractivity (Wildman–Crippen MR) is 145 cm³/mol. The third-order valence-electron chi connectivity index (χ3n) is 6.77. The predicted octanol–water partition coefficient (Wildman–Crippen LogP) is -0.0692. The fourth-order valence-electron chi connectivity index (χ4n) is 4.53. The Balaban J connectivity index is 1.58. The van der Waals surface area contributed by atoms with Crippen LogP contribution in [0.2, 0.25) is 0 Å². The van der Waals surface area contributed by atoms with Crippen LogP contribution >= 0.6 is 0 Å². The molecular formula is C28H30O16. The molecule has 16 nitrogen and oxygen atoms in total. The van der Waals surface area contributed by atoms with Gasteiger partial charge < -0.3 is 64.2 Å². The number of fused-ring (bicyclic) bond motifs is 1. The minimum Gasteiger partial charge on any atom is -0.504 e. The summed E-state index contributed by atoms with van der Waals surface area (Å²) in [6.07, 6.45) is -10.5. The van der Waals surface area contributed by atoms with Gasteiger partial charge in [0, 0.05) is 17.7 Å². The summed E-state index contributed by atoms with van der Waals surface area (Å²) in [7, 11) is 1.32. The summed E-state index contributed by atoms with van der Waals surface area (Å²) >= 11 is 0. The molecule has 1 aliphatic rings. The molecule has 0 aliphatic carbocycles. The third kappa shape index (κ3) is 6.79. The van der Waals surface area contributed by atoms with Crippen molar-refractivity contribution in [2.24, 2.45) is 0 Å². The lowest BCUT2D eigenvalue weighted by Gasteiger charge is -2.40. The van der Waals surface area contributed by atoms with Gasteiger partial charge in [0.05, 0.1) is 25.6 Å². The lowest BCUT2D eigenvalue weighted by Crippen LogP contribution is -2.60. The van der Waals surface area contributed by atoms with E-state index < -0.39 is 95.8 Å². The number of rotatable bonds is 10. The van der Waals surface area contributed by atoms with E-state index in [0.717, 1.165) is 19.1 Å². The normalized spacial score (nSPS) is 23.1. The molecule has 4 rings (SSSR count). The Morgan fingerprint density at radius 1 is 0.955 bits per heavy atom. The van der Waals surface area contributed by atoms with Gasteiger partial charge in [-0.25, -0.2) is 0 Å². The van der Waals surface area contributed by atoms with Crippen LogP contribution < -0.4 is 14.9 Å². The molecule has 1 saturated heterocycles. The number of esters is 1. The second kappa shape index (κ2) is 12.6. The molecule has 1 unspecified atom stereocenters. The number of ether oxygens (including phenoxy) is 4. The lowest BCUT2D eigenvalue weighted by molar-refractivity contribution is -0.278. The van der Waals surface area contributed by atoms with Crippen LogP contribution in [0.5, 0.6) is 28.7 Å². The van der Waals surface area contributed by atoms with Crippen LogP contribution in [0.4, 0.5) is 0 Å². The maximum absolute atomic E-state index is 12.8. The molecule has 1 aliphatic heterocycles. The highest BCUT2D eigenvalue weighted by atomic mass is 16.7. The number of carbonyl (C=O) groups excluding carboxylic acids is 1. The maximum Gasteiger partial charge on any atom is 0.308 e. The van der Waals surface area contributed by atoms with Gasteiger partial charge in [0.25, 0.3) is 0 Å². The maximum atomic E-state index is 12.8. The number of carboxylic acid groups (broad SMARTS) is 1. The van der Waals surface area contributed by atoms with Gasteiger partial charge in [-0.1, -0.05) is 0 Å². The van der Waals surface area contributed by atoms with Crippen LogP contribution in [0.15, 0.2) is 39.5 Å². The second-order valence-corrected chi connectivity index (χ2v) is 10.4. The summed E-state index contributed by atoms with van der Waals surface area (Å²) in [5.41, 5.74) is -2.67. The zero-order valence-corrected chi connectivity index (χ0v) is 23.2. The molecule has 0 amide bonds. The molecule has 2 aromatic carbocycles. The molecule has 8 N–H and O–H groups in total. The van der Waals surface area contributed by atoms with Gasteiger partial charge in [0.1, 0.15) is 47.8 Å². The number of aromatic hydroxyl groups is 3. The second-order valence-electron chi connectivity index (χ2n) is 10.4. The van der Waals surface area contributed by atoms with Gasteiger partial charge in [-0.2, -0.15) is 0 Å². The van der Waals surface area contributed by atoms with Crippen molar-refractivity contribution >= 4 is 22.9 Å². The standard InChI is InChI=1S/C28H30O16/c1-28(39,8-19(31)32)9-20(33)41-10-18-23(35)25(37)26(38)27(44-18)43-17-7-16-21(24(36)22(17)34)13(30)6-14(42-16)11-3-4-12(29)15(5-11)40-2/h3-7,18,23,25-27,29,34-39H,8-10H2,1-2H3,(H,31,32)/t18-,23-,25+,26-,27-,28?/m1/s1. The van der Waals surface area contributed by atoms with Crippen molar-refractivity contribution in [3.8, 4) is 40.1 Å². The summed E-state index contributed by atoms with van der Waals surface area (Å²) in [4.78, 5) is 35.8. The van der Waals surface area contributed by atoms with Gasteiger partial charge in [0.2, 0.25) is 12.0 Å². The quantitative estimate of drug-likeness (QED) is 0.109. The number of aliphatic hydroxyl groups is 4. The number of phenols is 3. The largest absolute Gasteiger partial charge is 0.504 e. The first-order valence-corrected chi connectivity index (χ1v) is 13.0. The highest BCUT2D eigenvalue weighted by Crippen LogP contribution is 2.43. The van der Waals surface area contributed by atoms with Gasteiger partial charge in [-0.3, -0.25) is 14.4 Å². The van der Waals surface area contributed by atoms with Gasteiger partial charge >= 0.3 is 11.9 Å². The summed E-state index contributed by atoms with van der Waals surface area (Å²) in [6, 6.07) is 6.15. The molecule has 16 heteroatoms. The zero-order valence-electron chi connectivity index (χ0n) is 23.2. The number of hydrogen-bond acceptors (Lipinski definition) is 15. The number of aliphatic carboxylic acids is 1. The molecule has 0 saturated carbocycles. The van der Waals surface area contributed by atoms with Crippen LogP contribution in [0.25, 0.3) is 22.3 Å². The van der Waals surface area contributed by atoms with Crippen molar-refractivity contribution in [2.45, 2.75) is 56.1 Å². The number of hydrogen-bond donors (Lipinski definition) is 8. The Morgan fingerprint density at radius 2 is 1.66 bits per heavy atom. The van der Waals surface area contributed by atoms with Gasteiger partial charge in [0.15, 0.2) is 28.4 Å². The van der Waals surface area contributed by atoms with Crippen LogP contribution in [0, 0.1) is 0 Å². The van der Waals surface area contributed by atoms with Crippen LogP contribution in [0.1, 0.15) is 19.8 Å². The fraction of sp³-hybridized carbons (Fsp3) is 0.393. The summed E-state index contributed by atoms with van der Waals surface area (Å²) in [5, 5.41) is 80.7. The van der Waals surface area contributed by atoms with Crippen molar-refractivity contribution in [2.75, 3.05) is 13.7 Å². The van der Waals surface area contributed by atoms with E-state index in [0.29, 0.717) is 5.56 Å². The number of carbonyl (C=O) groups is 2. The van der Waals surface area contributed by atoms with Crippen molar-refractivity contribution < 1.29 is 73.8 Å². The molecule has 0 bridgehead atoms. The molecule has 44 heavy (non-hydrogen) atoms. The number of phenolic OH excluding ortho intramolecular Hbond substituents is 3. The summed E-state index contributed by atoms with van der Waals surface area (Å²) < 4.78 is 26.7. The van der Waals surface area contributed by atoms with E-state index in [2.05, 4.69) is 0 Å². The SMILES string of the molecule is COc1cc(-c2cc(=O)c3c(O)c(O)c(O[C@@H]4O[C@H](COC(=O)CC(C)(O)CC(=O)O)[C@@H](O)[C@H](O)[C@H]4O)cc3o2)ccc1O. The molecule has 1 aromatic heterocycles. The summed E-state index contributed by atoms with van der Waals surface area (Å²) in [5.74, 6) is -4.99. The van der Waals surface area contributed by atoms with Crippen molar-refractivity contribution in [1.82, 2.24) is 0 Å². The fourth-order valence-corrected chi connectivity index (χ4v) is 4.53. The highest BCUT2D eigenvalue weighted by Gasteiger charge is 2.46. The average Bonchev–Trinajstić information content (AvgIpc) is 2.94. The molecule has 6 atom stereocenters. The topological polar surface area (TPSA) is 263 Å². The minimum atomic E-state index is -1.94. The monoisotopic (exact) mass is 622 g/mol.